The lowest BCUT2D eigenvalue weighted by atomic mass is 10.1. The third-order valence-electron chi connectivity index (χ3n) is 3.82. The van der Waals surface area contributed by atoms with Crippen LogP contribution in [0, 0.1) is 12.8 Å². The van der Waals surface area contributed by atoms with E-state index in [0.29, 0.717) is 0 Å². The standard InChI is InChI=1S/C15H18BrN3/c1-11-15(19-9-7-12(10-19)6-8-16)18-14-5-3-2-4-13(14)17-11/h2-5,12H,6-10H2,1H3. The molecule has 3 rings (SSSR count). The van der Waals surface area contributed by atoms with Gasteiger partial charge in [0.05, 0.1) is 16.7 Å². The molecule has 0 saturated carbocycles. The molecule has 3 nitrogen and oxygen atoms in total. The highest BCUT2D eigenvalue weighted by Crippen LogP contribution is 2.27. The van der Waals surface area contributed by atoms with Gasteiger partial charge in [-0.1, -0.05) is 28.1 Å². The van der Waals surface area contributed by atoms with Crippen molar-refractivity contribution in [3.05, 3.63) is 30.0 Å². The van der Waals surface area contributed by atoms with Crippen molar-refractivity contribution < 1.29 is 0 Å². The number of nitrogens with zero attached hydrogens (tertiary/aromatic N) is 3. The average molecular weight is 320 g/mol. The molecule has 2 heterocycles. The van der Waals surface area contributed by atoms with Crippen LogP contribution >= 0.6 is 15.9 Å². The second kappa shape index (κ2) is 5.45. The Labute approximate surface area is 122 Å². The second-order valence-electron chi connectivity index (χ2n) is 5.20. The highest BCUT2D eigenvalue weighted by atomic mass is 79.9. The number of hydrogen-bond donors (Lipinski definition) is 0. The Morgan fingerprint density at radius 3 is 2.74 bits per heavy atom. The predicted molar refractivity (Wildman–Crippen MR) is 83.0 cm³/mol. The van der Waals surface area contributed by atoms with Gasteiger partial charge in [0, 0.05) is 18.4 Å². The van der Waals surface area contributed by atoms with Crippen LogP contribution in [0.15, 0.2) is 24.3 Å². The summed E-state index contributed by atoms with van der Waals surface area (Å²) in [7, 11) is 0. The minimum Gasteiger partial charge on any atom is -0.355 e. The molecule has 1 fully saturated rings. The van der Waals surface area contributed by atoms with Crippen molar-refractivity contribution >= 4 is 32.8 Å². The molecular formula is C15H18BrN3. The number of para-hydroxylation sites is 2. The third kappa shape index (κ3) is 2.59. The monoisotopic (exact) mass is 319 g/mol. The van der Waals surface area contributed by atoms with Gasteiger partial charge in [0.25, 0.3) is 0 Å². The summed E-state index contributed by atoms with van der Waals surface area (Å²) in [5, 5.41) is 1.09. The summed E-state index contributed by atoms with van der Waals surface area (Å²) in [5.74, 6) is 1.85. The minimum absolute atomic E-state index is 0.784. The second-order valence-corrected chi connectivity index (χ2v) is 5.99. The van der Waals surface area contributed by atoms with E-state index in [4.69, 9.17) is 4.98 Å². The SMILES string of the molecule is Cc1nc2ccccc2nc1N1CCC(CCBr)C1. The Balaban J connectivity index is 1.90. The largest absolute Gasteiger partial charge is 0.355 e. The molecule has 100 valence electrons. The number of hydrogen-bond acceptors (Lipinski definition) is 3. The summed E-state index contributed by atoms with van der Waals surface area (Å²) >= 11 is 3.54. The Morgan fingerprint density at radius 1 is 1.26 bits per heavy atom. The molecule has 1 unspecified atom stereocenters. The van der Waals surface area contributed by atoms with E-state index >= 15 is 0 Å². The molecule has 1 aliphatic heterocycles. The molecule has 1 aliphatic rings. The minimum atomic E-state index is 0.784. The molecule has 4 heteroatoms. The Kier molecular flexibility index (Phi) is 3.69. The van der Waals surface area contributed by atoms with Crippen molar-refractivity contribution in [2.45, 2.75) is 19.8 Å². The van der Waals surface area contributed by atoms with E-state index in [-0.39, 0.29) is 0 Å². The number of benzene rings is 1. The highest BCUT2D eigenvalue weighted by Gasteiger charge is 2.24. The first kappa shape index (κ1) is 12.9. The lowest BCUT2D eigenvalue weighted by molar-refractivity contribution is 0.575. The van der Waals surface area contributed by atoms with Gasteiger partial charge in [0.15, 0.2) is 5.82 Å². The first-order valence-corrected chi connectivity index (χ1v) is 7.94. The van der Waals surface area contributed by atoms with Gasteiger partial charge in [-0.25, -0.2) is 9.97 Å². The summed E-state index contributed by atoms with van der Waals surface area (Å²) in [6.45, 7) is 4.28. The Bertz CT molecular complexity index is 585. The van der Waals surface area contributed by atoms with Crippen LogP contribution < -0.4 is 4.90 Å². The van der Waals surface area contributed by atoms with Crippen molar-refractivity contribution in [2.75, 3.05) is 23.3 Å². The lowest BCUT2D eigenvalue weighted by Gasteiger charge is -2.19. The van der Waals surface area contributed by atoms with Crippen molar-refractivity contribution in [2.24, 2.45) is 5.92 Å². The molecular weight excluding hydrogens is 302 g/mol. The fraction of sp³-hybridized carbons (Fsp3) is 0.467. The van der Waals surface area contributed by atoms with Gasteiger partial charge in [-0.3, -0.25) is 0 Å². The smallest absolute Gasteiger partial charge is 0.150 e. The van der Waals surface area contributed by atoms with Gasteiger partial charge < -0.3 is 4.90 Å². The van der Waals surface area contributed by atoms with E-state index in [2.05, 4.69) is 32.7 Å². The third-order valence-corrected chi connectivity index (χ3v) is 4.28. The highest BCUT2D eigenvalue weighted by molar-refractivity contribution is 9.09. The summed E-state index contributed by atoms with van der Waals surface area (Å²) in [6, 6.07) is 8.10. The fourth-order valence-electron chi connectivity index (χ4n) is 2.79. The molecule has 1 aromatic heterocycles. The topological polar surface area (TPSA) is 29.0 Å². The van der Waals surface area contributed by atoms with Crippen molar-refractivity contribution in [1.82, 2.24) is 9.97 Å². The molecule has 19 heavy (non-hydrogen) atoms. The van der Waals surface area contributed by atoms with Crippen LogP contribution in [-0.2, 0) is 0 Å². The van der Waals surface area contributed by atoms with E-state index in [9.17, 15) is 0 Å². The van der Waals surface area contributed by atoms with E-state index in [1.807, 2.05) is 24.3 Å². The van der Waals surface area contributed by atoms with Gasteiger partial charge in [-0.05, 0) is 37.8 Å². The molecule has 0 amide bonds. The van der Waals surface area contributed by atoms with E-state index in [1.165, 1.54) is 12.8 Å². The van der Waals surface area contributed by atoms with E-state index < -0.39 is 0 Å². The fourth-order valence-corrected chi connectivity index (χ4v) is 3.44. The molecule has 1 atom stereocenters. The van der Waals surface area contributed by atoms with Gasteiger partial charge in [-0.15, -0.1) is 0 Å². The summed E-state index contributed by atoms with van der Waals surface area (Å²) in [4.78, 5) is 11.9. The van der Waals surface area contributed by atoms with Crippen LogP contribution in [0.5, 0.6) is 0 Å². The molecule has 0 radical (unpaired) electrons. The van der Waals surface area contributed by atoms with Crippen molar-refractivity contribution in [3.8, 4) is 0 Å². The van der Waals surface area contributed by atoms with E-state index in [0.717, 1.165) is 46.9 Å². The molecule has 0 aliphatic carbocycles. The number of rotatable bonds is 3. The van der Waals surface area contributed by atoms with Gasteiger partial charge in [0.1, 0.15) is 0 Å². The zero-order valence-electron chi connectivity index (χ0n) is 11.1. The van der Waals surface area contributed by atoms with Crippen LogP contribution in [0.2, 0.25) is 0 Å². The molecule has 2 aromatic rings. The maximum Gasteiger partial charge on any atom is 0.150 e. The van der Waals surface area contributed by atoms with Gasteiger partial charge in [-0.2, -0.15) is 0 Å². The average Bonchev–Trinajstić information content (AvgIpc) is 2.87. The maximum absolute atomic E-state index is 4.80. The van der Waals surface area contributed by atoms with Crippen LogP contribution in [0.1, 0.15) is 18.5 Å². The maximum atomic E-state index is 4.80. The van der Waals surface area contributed by atoms with Crippen molar-refractivity contribution in [3.63, 3.8) is 0 Å². The van der Waals surface area contributed by atoms with Crippen LogP contribution in [0.25, 0.3) is 11.0 Å². The number of aromatic nitrogens is 2. The predicted octanol–water partition coefficient (Wildman–Crippen LogP) is 3.55. The number of halogens is 1. The molecule has 0 N–H and O–H groups in total. The first-order valence-electron chi connectivity index (χ1n) is 6.82. The normalized spacial score (nSPS) is 19.3. The summed E-state index contributed by atoms with van der Waals surface area (Å²) < 4.78 is 0. The van der Waals surface area contributed by atoms with Crippen LogP contribution in [-0.4, -0.2) is 28.4 Å². The molecule has 0 bridgehead atoms. The zero-order chi connectivity index (χ0) is 13.2. The van der Waals surface area contributed by atoms with Crippen LogP contribution in [0.4, 0.5) is 5.82 Å². The summed E-state index contributed by atoms with van der Waals surface area (Å²) in [5.41, 5.74) is 3.02. The molecule has 1 aromatic carbocycles. The number of aryl methyl sites for hydroxylation is 1. The Morgan fingerprint density at radius 2 is 2.00 bits per heavy atom. The molecule has 1 saturated heterocycles. The van der Waals surface area contributed by atoms with Gasteiger partial charge in [0.2, 0.25) is 0 Å². The number of anilines is 1. The van der Waals surface area contributed by atoms with Crippen molar-refractivity contribution in [1.29, 1.82) is 0 Å². The number of fused-ring (bicyclic) bond motifs is 1. The number of alkyl halides is 1. The lowest BCUT2D eigenvalue weighted by Crippen LogP contribution is -2.22. The summed E-state index contributed by atoms with van der Waals surface area (Å²) in [6.07, 6.45) is 2.51. The first-order chi connectivity index (χ1) is 9.28. The van der Waals surface area contributed by atoms with Crippen LogP contribution in [0.3, 0.4) is 0 Å². The van der Waals surface area contributed by atoms with Gasteiger partial charge >= 0.3 is 0 Å². The quantitative estimate of drug-likeness (QED) is 0.810. The Hall–Kier alpha value is -1.16. The zero-order valence-corrected chi connectivity index (χ0v) is 12.7. The van der Waals surface area contributed by atoms with E-state index in [1.54, 1.807) is 0 Å². The molecule has 0 spiro atoms.